The zero-order chi connectivity index (χ0) is 23.7. The highest BCUT2D eigenvalue weighted by Crippen LogP contribution is 2.40. The number of piperidine rings is 1. The molecule has 0 N–H and O–H groups in total. The monoisotopic (exact) mass is 488 g/mol. The Bertz CT molecular complexity index is 1150. The van der Waals surface area contributed by atoms with E-state index in [2.05, 4.69) is 4.90 Å². The van der Waals surface area contributed by atoms with Gasteiger partial charge in [0.25, 0.3) is 5.91 Å². The Kier molecular flexibility index (Phi) is 6.74. The van der Waals surface area contributed by atoms with Gasteiger partial charge in [-0.2, -0.15) is 5.10 Å². The lowest BCUT2D eigenvalue weighted by molar-refractivity contribution is 0.0297. The topological polar surface area (TPSA) is 94.0 Å². The second-order valence-corrected chi connectivity index (χ2v) is 11.3. The minimum Gasteiger partial charge on any atom is -0.383 e. The van der Waals surface area contributed by atoms with Crippen LogP contribution in [0, 0.1) is 5.92 Å². The molecular weight excluding hydrogens is 456 g/mol. The predicted octanol–water partition coefficient (Wildman–Crippen LogP) is 1.67. The number of sulfone groups is 1. The van der Waals surface area contributed by atoms with Gasteiger partial charge in [0.05, 0.1) is 36.2 Å². The number of benzene rings is 1. The number of methoxy groups -OCH3 is 1. The van der Waals surface area contributed by atoms with E-state index in [0.717, 1.165) is 44.8 Å². The molecule has 1 amide bonds. The predicted molar refractivity (Wildman–Crippen MR) is 126 cm³/mol. The van der Waals surface area contributed by atoms with Crippen molar-refractivity contribution in [3.63, 3.8) is 0 Å². The van der Waals surface area contributed by atoms with Crippen molar-refractivity contribution in [2.75, 3.05) is 59.7 Å². The fourth-order valence-electron chi connectivity index (χ4n) is 5.22. The van der Waals surface area contributed by atoms with Crippen LogP contribution in [-0.2, 0) is 31.6 Å². The summed E-state index contributed by atoms with van der Waals surface area (Å²) < 4.78 is 38.7. The lowest BCUT2D eigenvalue weighted by Crippen LogP contribution is -2.41. The molecule has 2 saturated heterocycles. The summed E-state index contributed by atoms with van der Waals surface area (Å²) in [5, 5.41) is 4.78. The SMILES string of the molecule is COCCN1CCC(Cn2nc(C(=O)N3CCOCC3)c3c2-c2ccccc2S(=O)(=O)C3)CC1. The molecule has 10 heteroatoms. The van der Waals surface area contributed by atoms with Gasteiger partial charge >= 0.3 is 0 Å². The Balaban J connectivity index is 1.48. The number of nitrogens with zero attached hydrogens (tertiary/aromatic N) is 4. The molecule has 0 atom stereocenters. The van der Waals surface area contributed by atoms with Gasteiger partial charge in [-0.15, -0.1) is 0 Å². The molecule has 184 valence electrons. The number of aromatic nitrogens is 2. The first-order chi connectivity index (χ1) is 16.5. The molecule has 0 unspecified atom stereocenters. The third kappa shape index (κ3) is 4.51. The van der Waals surface area contributed by atoms with Crippen LogP contribution in [0.1, 0.15) is 28.9 Å². The average molecular weight is 489 g/mol. The Labute approximate surface area is 200 Å². The molecule has 3 aliphatic rings. The standard InChI is InChI=1S/C24H32N4O5S/c1-32-13-10-26-8-6-18(7-9-26)16-28-23-19-4-2-3-5-21(19)34(30,31)17-20(23)22(25-28)24(29)27-11-14-33-15-12-27/h2-5,18H,6-17H2,1H3. The lowest BCUT2D eigenvalue weighted by atomic mass is 9.96. The number of morpholine rings is 1. The van der Waals surface area contributed by atoms with Crippen molar-refractivity contribution in [3.8, 4) is 11.3 Å². The molecule has 9 nitrogen and oxygen atoms in total. The first kappa shape index (κ1) is 23.5. The van der Waals surface area contributed by atoms with Crippen LogP contribution in [0.15, 0.2) is 29.2 Å². The summed E-state index contributed by atoms with van der Waals surface area (Å²) in [5.74, 6) is 0.0160. The lowest BCUT2D eigenvalue weighted by Gasteiger charge is -2.32. The Hall–Kier alpha value is -2.27. The molecule has 0 spiro atoms. The van der Waals surface area contributed by atoms with Gasteiger partial charge < -0.3 is 19.3 Å². The Morgan fingerprint density at radius 1 is 1.15 bits per heavy atom. The molecule has 3 aliphatic heterocycles. The first-order valence-electron chi connectivity index (χ1n) is 12.0. The number of hydrogen-bond acceptors (Lipinski definition) is 7. The maximum atomic E-state index is 13.4. The zero-order valence-electron chi connectivity index (χ0n) is 19.6. The Morgan fingerprint density at radius 3 is 2.62 bits per heavy atom. The van der Waals surface area contributed by atoms with Crippen LogP contribution >= 0.6 is 0 Å². The van der Waals surface area contributed by atoms with Crippen LogP contribution in [0.3, 0.4) is 0 Å². The van der Waals surface area contributed by atoms with Gasteiger partial charge in [0.15, 0.2) is 15.5 Å². The number of carbonyl (C=O) groups is 1. The summed E-state index contributed by atoms with van der Waals surface area (Å²) in [5.41, 5.74) is 2.24. The van der Waals surface area contributed by atoms with Crippen LogP contribution in [-0.4, -0.2) is 93.6 Å². The quantitative estimate of drug-likeness (QED) is 0.611. The van der Waals surface area contributed by atoms with Crippen molar-refractivity contribution in [2.45, 2.75) is 30.0 Å². The first-order valence-corrected chi connectivity index (χ1v) is 13.6. The van der Waals surface area contributed by atoms with E-state index in [0.29, 0.717) is 54.8 Å². The smallest absolute Gasteiger partial charge is 0.274 e. The highest BCUT2D eigenvalue weighted by molar-refractivity contribution is 7.90. The summed E-state index contributed by atoms with van der Waals surface area (Å²) in [7, 11) is -1.82. The van der Waals surface area contributed by atoms with Crippen LogP contribution in [0.4, 0.5) is 0 Å². The van der Waals surface area contributed by atoms with Gasteiger partial charge in [-0.05, 0) is 37.9 Å². The van der Waals surface area contributed by atoms with E-state index in [-0.39, 0.29) is 17.4 Å². The summed E-state index contributed by atoms with van der Waals surface area (Å²) in [6, 6.07) is 7.08. The minimum absolute atomic E-state index is 0.194. The molecular formula is C24H32N4O5S. The highest BCUT2D eigenvalue weighted by Gasteiger charge is 2.37. The van der Waals surface area contributed by atoms with Gasteiger partial charge in [0.1, 0.15) is 0 Å². The van der Waals surface area contributed by atoms with E-state index in [1.54, 1.807) is 24.1 Å². The maximum Gasteiger partial charge on any atom is 0.274 e. The van der Waals surface area contributed by atoms with Crippen molar-refractivity contribution in [1.82, 2.24) is 19.6 Å². The molecule has 34 heavy (non-hydrogen) atoms. The summed E-state index contributed by atoms with van der Waals surface area (Å²) >= 11 is 0. The number of rotatable bonds is 6. The molecule has 1 aromatic carbocycles. The van der Waals surface area contributed by atoms with Gasteiger partial charge in [0, 0.05) is 44.4 Å². The van der Waals surface area contributed by atoms with Crippen LogP contribution in [0.5, 0.6) is 0 Å². The third-order valence-corrected chi connectivity index (χ3v) is 8.81. The van der Waals surface area contributed by atoms with Crippen molar-refractivity contribution in [1.29, 1.82) is 0 Å². The molecule has 0 aliphatic carbocycles. The molecule has 5 rings (SSSR count). The number of amides is 1. The average Bonchev–Trinajstić information content (AvgIpc) is 3.20. The van der Waals surface area contributed by atoms with Gasteiger partial charge in [0.2, 0.25) is 0 Å². The van der Waals surface area contributed by atoms with Crippen molar-refractivity contribution >= 4 is 15.7 Å². The fraction of sp³-hybridized carbons (Fsp3) is 0.583. The fourth-order valence-corrected chi connectivity index (χ4v) is 6.81. The van der Waals surface area contributed by atoms with Gasteiger partial charge in [-0.3, -0.25) is 9.48 Å². The number of fused-ring (bicyclic) bond motifs is 3. The van der Waals surface area contributed by atoms with E-state index >= 15 is 0 Å². The minimum atomic E-state index is -3.55. The summed E-state index contributed by atoms with van der Waals surface area (Å²) in [6.45, 7) is 6.29. The maximum absolute atomic E-state index is 13.4. The van der Waals surface area contributed by atoms with E-state index in [4.69, 9.17) is 14.6 Å². The van der Waals surface area contributed by atoms with Gasteiger partial charge in [-0.1, -0.05) is 18.2 Å². The largest absolute Gasteiger partial charge is 0.383 e. The number of likely N-dealkylation sites (tertiary alicyclic amines) is 1. The van der Waals surface area contributed by atoms with E-state index < -0.39 is 9.84 Å². The zero-order valence-corrected chi connectivity index (χ0v) is 20.4. The number of carbonyl (C=O) groups excluding carboxylic acids is 1. The van der Waals surface area contributed by atoms with E-state index in [9.17, 15) is 13.2 Å². The van der Waals surface area contributed by atoms with Crippen molar-refractivity contribution < 1.29 is 22.7 Å². The second kappa shape index (κ2) is 9.77. The number of hydrogen-bond donors (Lipinski definition) is 0. The normalized spacial score (nSPS) is 20.7. The van der Waals surface area contributed by atoms with Crippen molar-refractivity contribution in [2.24, 2.45) is 5.92 Å². The van der Waals surface area contributed by atoms with Crippen LogP contribution in [0.25, 0.3) is 11.3 Å². The Morgan fingerprint density at radius 2 is 1.88 bits per heavy atom. The van der Waals surface area contributed by atoms with Crippen LogP contribution in [0.2, 0.25) is 0 Å². The molecule has 0 saturated carbocycles. The molecule has 2 fully saturated rings. The molecule has 4 heterocycles. The van der Waals surface area contributed by atoms with Gasteiger partial charge in [-0.25, -0.2) is 8.42 Å². The number of ether oxygens (including phenoxy) is 2. The summed E-state index contributed by atoms with van der Waals surface area (Å²) in [6.07, 6.45) is 2.07. The second-order valence-electron chi connectivity index (χ2n) is 9.30. The highest BCUT2D eigenvalue weighted by atomic mass is 32.2. The van der Waals surface area contributed by atoms with Crippen molar-refractivity contribution in [3.05, 3.63) is 35.5 Å². The van der Waals surface area contributed by atoms with E-state index in [1.165, 1.54) is 0 Å². The molecule has 0 radical (unpaired) electrons. The summed E-state index contributed by atoms with van der Waals surface area (Å²) in [4.78, 5) is 17.9. The molecule has 1 aromatic heterocycles. The third-order valence-electron chi connectivity index (χ3n) is 7.11. The molecule has 0 bridgehead atoms. The molecule has 2 aromatic rings. The van der Waals surface area contributed by atoms with Crippen LogP contribution < -0.4 is 0 Å². The van der Waals surface area contributed by atoms with E-state index in [1.807, 2.05) is 16.8 Å².